The maximum atomic E-state index is 13.6. The Hall–Kier alpha value is -2.08. The molecule has 0 unspecified atom stereocenters. The summed E-state index contributed by atoms with van der Waals surface area (Å²) in [5, 5.41) is 2.50. The fourth-order valence-corrected chi connectivity index (χ4v) is 2.49. The van der Waals surface area contributed by atoms with E-state index in [2.05, 4.69) is 5.32 Å². The molecule has 2 aromatic carbocycles. The predicted molar refractivity (Wildman–Crippen MR) is 74.7 cm³/mol. The number of nitrogens with two attached hydrogens (primary N) is 1. The molecule has 3 N–H and O–H groups in total. The topological polar surface area (TPSA) is 55.1 Å². The molecule has 0 saturated heterocycles. The average Bonchev–Trinajstić information content (AvgIpc) is 2.43. The highest BCUT2D eigenvalue weighted by Gasteiger charge is 2.11. The van der Waals surface area contributed by atoms with Crippen molar-refractivity contribution in [3.8, 4) is 0 Å². The molecule has 20 heavy (non-hydrogen) atoms. The summed E-state index contributed by atoms with van der Waals surface area (Å²) in [6.07, 6.45) is 0. The molecule has 0 heterocycles. The van der Waals surface area contributed by atoms with E-state index in [0.717, 1.165) is 17.8 Å². The molecule has 0 aliphatic carbocycles. The number of carbonyl (C=O) groups excluding carboxylic acids is 1. The van der Waals surface area contributed by atoms with Gasteiger partial charge in [0.1, 0.15) is 11.6 Å². The zero-order chi connectivity index (χ0) is 14.7. The second-order valence-electron chi connectivity index (χ2n) is 4.01. The van der Waals surface area contributed by atoms with Crippen LogP contribution in [0.4, 0.5) is 14.5 Å². The van der Waals surface area contributed by atoms with Crippen LogP contribution in [0, 0.1) is 11.6 Å². The fourth-order valence-electron chi connectivity index (χ4n) is 1.58. The van der Waals surface area contributed by atoms with Gasteiger partial charge in [-0.2, -0.15) is 0 Å². The summed E-state index contributed by atoms with van der Waals surface area (Å²) < 4.78 is 26.5. The van der Waals surface area contributed by atoms with Crippen molar-refractivity contribution >= 4 is 23.4 Å². The number of rotatable bonds is 3. The van der Waals surface area contributed by atoms with Crippen LogP contribution in [-0.2, 0) is 0 Å². The monoisotopic (exact) mass is 294 g/mol. The van der Waals surface area contributed by atoms with Gasteiger partial charge in [0.2, 0.25) is 0 Å². The fraction of sp³-hybridized carbons (Fsp3) is 0.0714. The Bertz CT molecular complexity index is 662. The molecule has 2 aromatic rings. The van der Waals surface area contributed by atoms with Gasteiger partial charge in [-0.3, -0.25) is 4.79 Å². The molecule has 0 fully saturated rings. The largest absolute Gasteiger partial charge is 0.398 e. The molecule has 0 spiro atoms. The smallest absolute Gasteiger partial charge is 0.251 e. The maximum Gasteiger partial charge on any atom is 0.251 e. The molecule has 0 radical (unpaired) electrons. The number of hydrogen-bond donors (Lipinski definition) is 2. The number of amides is 1. The molecule has 0 saturated carbocycles. The molecule has 2 rings (SSSR count). The van der Waals surface area contributed by atoms with E-state index in [-0.39, 0.29) is 10.8 Å². The van der Waals surface area contributed by atoms with Crippen molar-refractivity contribution < 1.29 is 13.6 Å². The summed E-state index contributed by atoms with van der Waals surface area (Å²) in [7, 11) is 1.52. The van der Waals surface area contributed by atoms with Crippen LogP contribution in [0.2, 0.25) is 0 Å². The molecule has 6 heteroatoms. The molecule has 0 aromatic heterocycles. The first kappa shape index (κ1) is 14.3. The van der Waals surface area contributed by atoms with E-state index in [9.17, 15) is 13.6 Å². The van der Waals surface area contributed by atoms with Crippen molar-refractivity contribution in [2.24, 2.45) is 0 Å². The summed E-state index contributed by atoms with van der Waals surface area (Å²) >= 11 is 1.04. The molecule has 1 amide bonds. The number of nitrogen functional groups attached to an aromatic ring is 1. The summed E-state index contributed by atoms with van der Waals surface area (Å²) in [6, 6.07) is 8.04. The van der Waals surface area contributed by atoms with Gasteiger partial charge in [-0.05, 0) is 30.3 Å². The Labute approximate surface area is 119 Å². The second kappa shape index (κ2) is 5.92. The minimum atomic E-state index is -0.667. The van der Waals surface area contributed by atoms with E-state index in [1.54, 1.807) is 18.2 Å². The van der Waals surface area contributed by atoms with Gasteiger partial charge in [-0.15, -0.1) is 0 Å². The van der Waals surface area contributed by atoms with Crippen LogP contribution in [0.1, 0.15) is 10.4 Å². The normalized spacial score (nSPS) is 10.3. The molecule has 3 nitrogen and oxygen atoms in total. The maximum absolute atomic E-state index is 13.6. The van der Waals surface area contributed by atoms with Crippen molar-refractivity contribution in [1.82, 2.24) is 5.32 Å². The van der Waals surface area contributed by atoms with E-state index < -0.39 is 11.6 Å². The molecule has 0 aliphatic rings. The van der Waals surface area contributed by atoms with Gasteiger partial charge >= 0.3 is 0 Å². The third kappa shape index (κ3) is 3.08. The first-order valence-corrected chi connectivity index (χ1v) is 6.57. The van der Waals surface area contributed by atoms with Gasteiger partial charge in [-0.25, -0.2) is 8.78 Å². The first-order chi connectivity index (χ1) is 9.51. The van der Waals surface area contributed by atoms with Gasteiger partial charge in [0.25, 0.3) is 5.91 Å². The van der Waals surface area contributed by atoms with E-state index in [4.69, 9.17) is 5.73 Å². The number of hydrogen-bond acceptors (Lipinski definition) is 3. The summed E-state index contributed by atoms with van der Waals surface area (Å²) in [4.78, 5) is 12.3. The Morgan fingerprint density at radius 3 is 2.55 bits per heavy atom. The molecule has 0 atom stereocenters. The van der Waals surface area contributed by atoms with E-state index in [1.807, 2.05) is 0 Å². The van der Waals surface area contributed by atoms with Crippen LogP contribution in [-0.4, -0.2) is 13.0 Å². The lowest BCUT2D eigenvalue weighted by molar-refractivity contribution is 0.0963. The van der Waals surface area contributed by atoms with E-state index in [1.165, 1.54) is 19.2 Å². The van der Waals surface area contributed by atoms with Crippen molar-refractivity contribution in [2.45, 2.75) is 9.79 Å². The van der Waals surface area contributed by atoms with Crippen LogP contribution in [0.3, 0.4) is 0 Å². The lowest BCUT2D eigenvalue weighted by Crippen LogP contribution is -2.17. The molecular formula is C14H12F2N2OS. The SMILES string of the molecule is CNC(=O)c1ccc(N)c(Sc2ccc(F)cc2F)c1. The van der Waals surface area contributed by atoms with E-state index >= 15 is 0 Å². The van der Waals surface area contributed by atoms with Gasteiger partial charge in [0.05, 0.1) is 0 Å². The highest BCUT2D eigenvalue weighted by atomic mass is 32.2. The number of carbonyl (C=O) groups is 1. The average molecular weight is 294 g/mol. The predicted octanol–water partition coefficient (Wildman–Crippen LogP) is 3.06. The van der Waals surface area contributed by atoms with Crippen LogP contribution in [0.15, 0.2) is 46.2 Å². The van der Waals surface area contributed by atoms with Crippen LogP contribution in [0.25, 0.3) is 0 Å². The Balaban J connectivity index is 2.35. The van der Waals surface area contributed by atoms with Crippen molar-refractivity contribution in [1.29, 1.82) is 0 Å². The lowest BCUT2D eigenvalue weighted by atomic mass is 10.2. The zero-order valence-corrected chi connectivity index (χ0v) is 11.4. The molecule has 0 aliphatic heterocycles. The van der Waals surface area contributed by atoms with Crippen molar-refractivity contribution in [3.63, 3.8) is 0 Å². The minimum Gasteiger partial charge on any atom is -0.398 e. The van der Waals surface area contributed by atoms with Gasteiger partial charge < -0.3 is 11.1 Å². The highest BCUT2D eigenvalue weighted by Crippen LogP contribution is 2.34. The number of benzene rings is 2. The third-order valence-electron chi connectivity index (χ3n) is 2.62. The minimum absolute atomic E-state index is 0.243. The number of nitrogens with one attached hydrogen (secondary N) is 1. The zero-order valence-electron chi connectivity index (χ0n) is 10.6. The molecule has 104 valence electrons. The first-order valence-electron chi connectivity index (χ1n) is 5.76. The summed E-state index contributed by atoms with van der Waals surface area (Å²) in [6.45, 7) is 0. The quantitative estimate of drug-likeness (QED) is 0.855. The summed E-state index contributed by atoms with van der Waals surface area (Å²) in [5.41, 5.74) is 6.66. The summed E-state index contributed by atoms with van der Waals surface area (Å²) in [5.74, 6) is -1.56. The number of anilines is 1. The standard InChI is InChI=1S/C14H12F2N2OS/c1-18-14(19)8-2-4-11(17)13(6-8)20-12-5-3-9(15)7-10(12)16/h2-7H,17H2,1H3,(H,18,19). The molecule has 0 bridgehead atoms. The van der Waals surface area contributed by atoms with Crippen molar-refractivity contribution in [3.05, 3.63) is 53.6 Å². The van der Waals surface area contributed by atoms with Crippen LogP contribution in [0.5, 0.6) is 0 Å². The van der Waals surface area contributed by atoms with Gasteiger partial charge in [-0.1, -0.05) is 11.8 Å². The van der Waals surface area contributed by atoms with Crippen LogP contribution >= 0.6 is 11.8 Å². The second-order valence-corrected chi connectivity index (χ2v) is 5.09. The van der Waals surface area contributed by atoms with Crippen molar-refractivity contribution in [2.75, 3.05) is 12.8 Å². The van der Waals surface area contributed by atoms with Gasteiger partial charge in [0, 0.05) is 34.2 Å². The Morgan fingerprint density at radius 1 is 1.15 bits per heavy atom. The Morgan fingerprint density at radius 2 is 1.90 bits per heavy atom. The Kier molecular flexibility index (Phi) is 4.24. The van der Waals surface area contributed by atoms with E-state index in [0.29, 0.717) is 16.1 Å². The van der Waals surface area contributed by atoms with Gasteiger partial charge in [0.15, 0.2) is 0 Å². The highest BCUT2D eigenvalue weighted by molar-refractivity contribution is 7.99. The molecular weight excluding hydrogens is 282 g/mol. The lowest BCUT2D eigenvalue weighted by Gasteiger charge is -2.08. The number of halogens is 2. The van der Waals surface area contributed by atoms with Crippen LogP contribution < -0.4 is 11.1 Å². The third-order valence-corrected chi connectivity index (χ3v) is 3.74.